The Balaban J connectivity index is 2.84. The zero-order valence-electron chi connectivity index (χ0n) is 13.7. The van der Waals surface area contributed by atoms with E-state index in [-0.39, 0.29) is 0 Å². The summed E-state index contributed by atoms with van der Waals surface area (Å²) < 4.78 is 0. The Morgan fingerprint density at radius 1 is 1.05 bits per heavy atom. The number of rotatable bonds is 9. The predicted molar refractivity (Wildman–Crippen MR) is 87.3 cm³/mol. The van der Waals surface area contributed by atoms with Crippen LogP contribution in [0.1, 0.15) is 59.7 Å². The van der Waals surface area contributed by atoms with Crippen molar-refractivity contribution >= 4 is 11.6 Å². The lowest BCUT2D eigenvalue weighted by Gasteiger charge is -2.21. The molecule has 0 fully saturated rings. The number of aromatic nitrogens is 2. The minimum absolute atomic E-state index is 0.420. The van der Waals surface area contributed by atoms with E-state index in [1.54, 1.807) is 0 Å². The molecule has 0 aromatic carbocycles. The summed E-state index contributed by atoms with van der Waals surface area (Å²) in [5.74, 6) is 3.43. The Morgan fingerprint density at radius 3 is 2.35 bits per heavy atom. The molecular weight excluding hydrogens is 248 g/mol. The van der Waals surface area contributed by atoms with Gasteiger partial charge in [-0.15, -0.1) is 0 Å². The van der Waals surface area contributed by atoms with Crippen LogP contribution in [0.2, 0.25) is 0 Å². The third kappa shape index (κ3) is 5.35. The van der Waals surface area contributed by atoms with Crippen molar-refractivity contribution in [1.82, 2.24) is 9.97 Å². The van der Waals surface area contributed by atoms with Crippen LogP contribution in [0.3, 0.4) is 0 Å². The lowest BCUT2D eigenvalue weighted by Crippen LogP contribution is -2.24. The average molecular weight is 278 g/mol. The highest BCUT2D eigenvalue weighted by Crippen LogP contribution is 2.17. The van der Waals surface area contributed by atoms with Crippen LogP contribution in [-0.2, 0) is 6.42 Å². The molecule has 0 spiro atoms. The van der Waals surface area contributed by atoms with Crippen LogP contribution in [0.25, 0.3) is 0 Å². The van der Waals surface area contributed by atoms with E-state index in [1.165, 1.54) is 6.42 Å². The minimum Gasteiger partial charge on any atom is -0.370 e. The highest BCUT2D eigenvalue weighted by Gasteiger charge is 2.12. The maximum atomic E-state index is 4.63. The molecule has 0 amide bonds. The zero-order valence-corrected chi connectivity index (χ0v) is 13.7. The van der Waals surface area contributed by atoms with Gasteiger partial charge < -0.3 is 10.6 Å². The summed E-state index contributed by atoms with van der Waals surface area (Å²) in [5.41, 5.74) is 0. The van der Waals surface area contributed by atoms with Crippen molar-refractivity contribution in [3.05, 3.63) is 11.9 Å². The quantitative estimate of drug-likeness (QED) is 0.714. The van der Waals surface area contributed by atoms with Gasteiger partial charge in [0.1, 0.15) is 17.5 Å². The molecule has 114 valence electrons. The molecule has 0 bridgehead atoms. The number of hydrogen-bond acceptors (Lipinski definition) is 4. The fraction of sp³-hybridized carbons (Fsp3) is 0.750. The van der Waals surface area contributed by atoms with Crippen molar-refractivity contribution in [2.75, 3.05) is 17.2 Å². The Hall–Kier alpha value is -1.32. The second-order valence-electron chi connectivity index (χ2n) is 5.55. The highest BCUT2D eigenvalue weighted by atomic mass is 15.1. The van der Waals surface area contributed by atoms with Gasteiger partial charge in [-0.25, -0.2) is 9.97 Å². The second kappa shape index (κ2) is 8.77. The van der Waals surface area contributed by atoms with E-state index in [1.807, 2.05) is 6.07 Å². The van der Waals surface area contributed by atoms with Gasteiger partial charge in [0.2, 0.25) is 0 Å². The largest absolute Gasteiger partial charge is 0.370 e. The van der Waals surface area contributed by atoms with Crippen molar-refractivity contribution in [2.45, 2.75) is 66.3 Å². The second-order valence-corrected chi connectivity index (χ2v) is 5.55. The van der Waals surface area contributed by atoms with Gasteiger partial charge in [-0.2, -0.15) is 0 Å². The SMILES string of the molecule is CCCNc1cc(NC(C)C(C)CC)nc(CCC)n1. The Labute approximate surface area is 123 Å². The molecule has 2 unspecified atom stereocenters. The van der Waals surface area contributed by atoms with Crippen LogP contribution < -0.4 is 10.6 Å². The monoisotopic (exact) mass is 278 g/mol. The summed E-state index contributed by atoms with van der Waals surface area (Å²) in [6.07, 6.45) is 4.26. The summed E-state index contributed by atoms with van der Waals surface area (Å²) >= 11 is 0. The zero-order chi connectivity index (χ0) is 15.0. The first-order valence-corrected chi connectivity index (χ1v) is 7.99. The minimum atomic E-state index is 0.420. The molecule has 0 aliphatic rings. The van der Waals surface area contributed by atoms with Crippen LogP contribution in [0.5, 0.6) is 0 Å². The Bertz CT molecular complexity index is 392. The molecule has 1 aromatic heterocycles. The molecule has 0 saturated carbocycles. The Kier molecular flexibility index (Phi) is 7.34. The molecule has 4 nitrogen and oxygen atoms in total. The number of nitrogens with zero attached hydrogens (tertiary/aromatic N) is 2. The summed E-state index contributed by atoms with van der Waals surface area (Å²) in [6, 6.07) is 2.44. The van der Waals surface area contributed by atoms with E-state index in [0.717, 1.165) is 43.3 Å². The van der Waals surface area contributed by atoms with Crippen LogP contribution in [0.4, 0.5) is 11.6 Å². The van der Waals surface area contributed by atoms with Gasteiger partial charge in [0.25, 0.3) is 0 Å². The Morgan fingerprint density at radius 2 is 1.75 bits per heavy atom. The molecule has 1 aromatic rings. The van der Waals surface area contributed by atoms with Crippen LogP contribution in [0, 0.1) is 5.92 Å². The van der Waals surface area contributed by atoms with E-state index < -0.39 is 0 Å². The fourth-order valence-corrected chi connectivity index (χ4v) is 1.98. The van der Waals surface area contributed by atoms with Crippen molar-refractivity contribution in [2.24, 2.45) is 5.92 Å². The average Bonchev–Trinajstić information content (AvgIpc) is 2.44. The molecule has 0 aliphatic heterocycles. The lowest BCUT2D eigenvalue weighted by molar-refractivity contribution is 0.493. The van der Waals surface area contributed by atoms with Gasteiger partial charge in [-0.05, 0) is 25.7 Å². The third-order valence-corrected chi connectivity index (χ3v) is 3.68. The first-order chi connectivity index (χ1) is 9.60. The van der Waals surface area contributed by atoms with Gasteiger partial charge in [0.05, 0.1) is 0 Å². The molecule has 0 radical (unpaired) electrons. The normalized spacial score (nSPS) is 13.8. The van der Waals surface area contributed by atoms with Crippen LogP contribution in [0.15, 0.2) is 6.07 Å². The van der Waals surface area contributed by atoms with E-state index in [0.29, 0.717) is 12.0 Å². The number of nitrogens with one attached hydrogen (secondary N) is 2. The smallest absolute Gasteiger partial charge is 0.133 e. The lowest BCUT2D eigenvalue weighted by atomic mass is 10.0. The topological polar surface area (TPSA) is 49.8 Å². The molecule has 0 saturated heterocycles. The van der Waals surface area contributed by atoms with Crippen LogP contribution >= 0.6 is 0 Å². The van der Waals surface area contributed by atoms with Crippen molar-refractivity contribution in [1.29, 1.82) is 0 Å². The van der Waals surface area contributed by atoms with E-state index in [9.17, 15) is 0 Å². The first-order valence-electron chi connectivity index (χ1n) is 7.99. The van der Waals surface area contributed by atoms with Gasteiger partial charge in [-0.1, -0.05) is 34.1 Å². The molecule has 4 heteroatoms. The maximum Gasteiger partial charge on any atom is 0.133 e. The highest BCUT2D eigenvalue weighted by molar-refractivity contribution is 5.48. The number of hydrogen-bond donors (Lipinski definition) is 2. The number of aryl methyl sites for hydroxylation is 1. The molecule has 0 aliphatic carbocycles. The van der Waals surface area contributed by atoms with Crippen molar-refractivity contribution in [3.8, 4) is 0 Å². The van der Waals surface area contributed by atoms with Crippen molar-refractivity contribution < 1.29 is 0 Å². The van der Waals surface area contributed by atoms with Crippen LogP contribution in [-0.4, -0.2) is 22.6 Å². The molecule has 20 heavy (non-hydrogen) atoms. The molecule has 2 N–H and O–H groups in total. The van der Waals surface area contributed by atoms with Gasteiger partial charge in [0.15, 0.2) is 0 Å². The van der Waals surface area contributed by atoms with Gasteiger partial charge in [0, 0.05) is 25.1 Å². The van der Waals surface area contributed by atoms with Gasteiger partial charge >= 0.3 is 0 Å². The van der Waals surface area contributed by atoms with Crippen molar-refractivity contribution in [3.63, 3.8) is 0 Å². The molecule has 1 heterocycles. The summed E-state index contributed by atoms with van der Waals surface area (Å²) in [6.45, 7) is 12.0. The first kappa shape index (κ1) is 16.7. The predicted octanol–water partition coefficient (Wildman–Crippen LogP) is 4.10. The van der Waals surface area contributed by atoms with E-state index >= 15 is 0 Å². The van der Waals surface area contributed by atoms with Gasteiger partial charge in [-0.3, -0.25) is 0 Å². The number of anilines is 2. The fourth-order valence-electron chi connectivity index (χ4n) is 1.98. The maximum absolute atomic E-state index is 4.63. The molecular formula is C16H30N4. The summed E-state index contributed by atoms with van der Waals surface area (Å²) in [5, 5.41) is 6.88. The van der Waals surface area contributed by atoms with E-state index in [2.05, 4.69) is 55.2 Å². The molecule has 1 rings (SSSR count). The third-order valence-electron chi connectivity index (χ3n) is 3.68. The molecule has 2 atom stereocenters. The summed E-state index contributed by atoms with van der Waals surface area (Å²) in [7, 11) is 0. The standard InChI is InChI=1S/C16H30N4/c1-6-9-14-19-15(17-10-7-2)11-16(20-14)18-13(5)12(4)8-3/h11-13H,6-10H2,1-5H3,(H2,17,18,19,20). The van der Waals surface area contributed by atoms with E-state index in [4.69, 9.17) is 0 Å². The summed E-state index contributed by atoms with van der Waals surface area (Å²) in [4.78, 5) is 9.20.